The van der Waals surface area contributed by atoms with Gasteiger partial charge in [0.2, 0.25) is 0 Å². The molecule has 0 aromatic rings. The number of allylic oxidation sites excluding steroid dienone is 6. The SMILES string of the molecule is CC1=C(C)C(C)(C)C(C)(C)C2(C)C(C)(C)C(C)=C(C)C1(C)C(C)=C(C)C2(C)C. The normalized spacial score (nSPS) is 36.9. The quantitative estimate of drug-likeness (QED) is 0.365. The van der Waals surface area contributed by atoms with E-state index in [0.29, 0.717) is 0 Å². The van der Waals surface area contributed by atoms with Gasteiger partial charge in [0, 0.05) is 5.41 Å². The van der Waals surface area contributed by atoms with Gasteiger partial charge in [-0.2, -0.15) is 0 Å². The van der Waals surface area contributed by atoms with Crippen molar-refractivity contribution in [1.29, 1.82) is 0 Å². The van der Waals surface area contributed by atoms with Gasteiger partial charge >= 0.3 is 0 Å². The van der Waals surface area contributed by atoms with Gasteiger partial charge in [-0.05, 0) is 75.5 Å². The van der Waals surface area contributed by atoms with Crippen LogP contribution in [0.2, 0.25) is 0 Å². The molecule has 0 nitrogen and oxygen atoms in total. The smallest absolute Gasteiger partial charge is 0.0301 e. The predicted molar refractivity (Wildman–Crippen MR) is 126 cm³/mol. The summed E-state index contributed by atoms with van der Waals surface area (Å²) < 4.78 is 0. The van der Waals surface area contributed by atoms with E-state index in [1.165, 1.54) is 0 Å². The van der Waals surface area contributed by atoms with E-state index in [2.05, 4.69) is 111 Å². The molecule has 0 saturated heterocycles. The average Bonchev–Trinajstić information content (AvgIpc) is 2.60. The molecule has 0 amide bonds. The van der Waals surface area contributed by atoms with Gasteiger partial charge in [-0.25, -0.2) is 0 Å². The zero-order chi connectivity index (χ0) is 22.5. The van der Waals surface area contributed by atoms with Gasteiger partial charge < -0.3 is 0 Å². The summed E-state index contributed by atoms with van der Waals surface area (Å²) in [4.78, 5) is 0. The lowest BCUT2D eigenvalue weighted by molar-refractivity contribution is -0.142. The first-order valence-electron chi connectivity index (χ1n) is 11.2. The molecule has 0 heteroatoms. The van der Waals surface area contributed by atoms with Crippen LogP contribution in [0.1, 0.15) is 111 Å². The summed E-state index contributed by atoms with van der Waals surface area (Å²) >= 11 is 0. The van der Waals surface area contributed by atoms with Crippen LogP contribution in [0.15, 0.2) is 33.4 Å². The van der Waals surface area contributed by atoms with Gasteiger partial charge in [0.05, 0.1) is 0 Å². The molecule has 3 aliphatic carbocycles. The van der Waals surface area contributed by atoms with Crippen molar-refractivity contribution in [2.24, 2.45) is 32.5 Å². The standard InChI is InChI=1S/C28H48/c1-17-20(4)27(15)21(5)18(2)24(9,10)28(16,26(13,14)23(17,7)8)25(11,12)19(3)22(27)6/h1-16H3. The summed E-state index contributed by atoms with van der Waals surface area (Å²) in [5.41, 5.74) is 9.72. The third-order valence-electron chi connectivity index (χ3n) is 12.1. The van der Waals surface area contributed by atoms with Gasteiger partial charge in [-0.15, -0.1) is 0 Å². The van der Waals surface area contributed by atoms with Crippen molar-refractivity contribution in [3.05, 3.63) is 33.4 Å². The molecule has 160 valence electrons. The molecule has 0 aliphatic heterocycles. The Morgan fingerprint density at radius 2 is 0.607 bits per heavy atom. The molecule has 2 bridgehead atoms. The number of hydrogen-bond donors (Lipinski definition) is 0. The van der Waals surface area contributed by atoms with Crippen molar-refractivity contribution in [1.82, 2.24) is 0 Å². The van der Waals surface area contributed by atoms with Crippen molar-refractivity contribution >= 4 is 0 Å². The van der Waals surface area contributed by atoms with Crippen LogP contribution in [-0.2, 0) is 0 Å². The minimum atomic E-state index is -0.0220. The van der Waals surface area contributed by atoms with E-state index < -0.39 is 0 Å². The largest absolute Gasteiger partial charge is 0.0670 e. The Balaban J connectivity index is 3.39. The number of fused-ring (bicyclic) bond motifs is 4. The van der Waals surface area contributed by atoms with Gasteiger partial charge in [-0.1, -0.05) is 95.8 Å². The fourth-order valence-electron chi connectivity index (χ4n) is 7.56. The van der Waals surface area contributed by atoms with E-state index in [1.54, 1.807) is 33.4 Å². The maximum absolute atomic E-state index is 2.60. The monoisotopic (exact) mass is 384 g/mol. The Morgan fingerprint density at radius 1 is 0.357 bits per heavy atom. The Bertz CT molecular complexity index is 761. The summed E-state index contributed by atoms with van der Waals surface area (Å²) in [6.45, 7) is 39.8. The van der Waals surface area contributed by atoms with Gasteiger partial charge in [0.1, 0.15) is 0 Å². The van der Waals surface area contributed by atoms with Crippen LogP contribution in [0.5, 0.6) is 0 Å². The highest BCUT2D eigenvalue weighted by atomic mass is 14.7. The second kappa shape index (κ2) is 5.89. The molecular formula is C28H48. The highest BCUT2D eigenvalue weighted by Crippen LogP contribution is 2.74. The lowest BCUT2D eigenvalue weighted by atomic mass is 9.36. The first kappa shape index (κ1) is 23.5. The first-order chi connectivity index (χ1) is 12.2. The average molecular weight is 385 g/mol. The molecule has 0 saturated carbocycles. The Labute approximate surface area is 177 Å². The van der Waals surface area contributed by atoms with Gasteiger partial charge in [-0.3, -0.25) is 0 Å². The lowest BCUT2D eigenvalue weighted by Crippen LogP contribution is -2.61. The van der Waals surface area contributed by atoms with Crippen LogP contribution in [0, 0.1) is 32.5 Å². The summed E-state index contributed by atoms with van der Waals surface area (Å²) in [5.74, 6) is 0. The van der Waals surface area contributed by atoms with Gasteiger partial charge in [0.25, 0.3) is 0 Å². The fourth-order valence-corrected chi connectivity index (χ4v) is 7.56. The Hall–Kier alpha value is -0.780. The first-order valence-corrected chi connectivity index (χ1v) is 11.2. The molecular weight excluding hydrogens is 336 g/mol. The van der Waals surface area contributed by atoms with E-state index in [0.717, 1.165) is 0 Å². The molecule has 0 aromatic heterocycles. The van der Waals surface area contributed by atoms with Crippen LogP contribution in [0.3, 0.4) is 0 Å². The predicted octanol–water partition coefficient (Wildman–Crippen LogP) is 9.14. The van der Waals surface area contributed by atoms with E-state index in [1.807, 2.05) is 0 Å². The summed E-state index contributed by atoms with van der Waals surface area (Å²) in [5, 5.41) is 0. The van der Waals surface area contributed by atoms with Crippen LogP contribution >= 0.6 is 0 Å². The molecule has 0 aromatic carbocycles. The summed E-state index contributed by atoms with van der Waals surface area (Å²) in [6.07, 6.45) is 0. The highest BCUT2D eigenvalue weighted by Gasteiger charge is 2.66. The van der Waals surface area contributed by atoms with Crippen LogP contribution in [0.25, 0.3) is 0 Å². The minimum Gasteiger partial charge on any atom is -0.0670 e. The lowest BCUT2D eigenvalue weighted by Gasteiger charge is -2.68. The molecule has 0 heterocycles. The molecule has 0 unspecified atom stereocenters. The molecule has 28 heavy (non-hydrogen) atoms. The number of hydrogen-bond acceptors (Lipinski definition) is 0. The second-order valence-electron chi connectivity index (χ2n) is 12.5. The van der Waals surface area contributed by atoms with Crippen molar-refractivity contribution in [2.45, 2.75) is 111 Å². The molecule has 3 rings (SSSR count). The van der Waals surface area contributed by atoms with Crippen LogP contribution < -0.4 is 0 Å². The fraction of sp³-hybridized carbons (Fsp3) is 0.786. The van der Waals surface area contributed by atoms with Crippen molar-refractivity contribution in [3.63, 3.8) is 0 Å². The third kappa shape index (κ3) is 2.14. The van der Waals surface area contributed by atoms with Crippen molar-refractivity contribution in [3.8, 4) is 0 Å². The van der Waals surface area contributed by atoms with E-state index >= 15 is 0 Å². The maximum Gasteiger partial charge on any atom is 0.0301 e. The molecule has 0 atom stereocenters. The molecule has 0 fully saturated rings. The third-order valence-corrected chi connectivity index (χ3v) is 12.1. The molecule has 0 spiro atoms. The van der Waals surface area contributed by atoms with Crippen LogP contribution in [0.4, 0.5) is 0 Å². The zero-order valence-electron chi connectivity index (χ0n) is 22.0. The maximum atomic E-state index is 2.60. The van der Waals surface area contributed by atoms with E-state index in [-0.39, 0.29) is 32.5 Å². The Morgan fingerprint density at radius 3 is 0.893 bits per heavy atom. The Kier molecular flexibility index (Phi) is 4.94. The van der Waals surface area contributed by atoms with Crippen molar-refractivity contribution < 1.29 is 0 Å². The molecule has 0 N–H and O–H groups in total. The topological polar surface area (TPSA) is 0 Å². The molecule has 3 aliphatic rings. The van der Waals surface area contributed by atoms with E-state index in [4.69, 9.17) is 0 Å². The van der Waals surface area contributed by atoms with E-state index in [9.17, 15) is 0 Å². The highest BCUT2D eigenvalue weighted by molar-refractivity contribution is 5.51. The minimum absolute atomic E-state index is 0.0220. The van der Waals surface area contributed by atoms with Crippen LogP contribution in [-0.4, -0.2) is 0 Å². The summed E-state index contributed by atoms with van der Waals surface area (Å²) in [7, 11) is 0. The van der Waals surface area contributed by atoms with Crippen molar-refractivity contribution in [2.75, 3.05) is 0 Å². The zero-order valence-corrected chi connectivity index (χ0v) is 22.0. The number of rotatable bonds is 0. The molecule has 0 radical (unpaired) electrons. The van der Waals surface area contributed by atoms with Gasteiger partial charge in [0.15, 0.2) is 0 Å². The second-order valence-corrected chi connectivity index (χ2v) is 12.5. The summed E-state index contributed by atoms with van der Waals surface area (Å²) in [6, 6.07) is 0.